The third-order valence-electron chi connectivity index (χ3n) is 2.72. The molecule has 2 rings (SSSR count). The number of imidazole rings is 1. The van der Waals surface area contributed by atoms with Crippen LogP contribution in [0.1, 0.15) is 44.2 Å². The molecule has 0 radical (unpaired) electrons. The largest absolute Gasteiger partial charge is 0.329 e. The number of aromatic nitrogens is 2. The Morgan fingerprint density at radius 1 is 1.57 bits per heavy atom. The molecule has 1 aromatic heterocycles. The van der Waals surface area contributed by atoms with Crippen LogP contribution >= 0.6 is 0 Å². The maximum absolute atomic E-state index is 4.36. The molecular weight excluding hydrogens is 174 g/mol. The number of nitrogens with one attached hydrogen (secondary N) is 1. The van der Waals surface area contributed by atoms with Gasteiger partial charge in [0.05, 0.1) is 5.69 Å². The van der Waals surface area contributed by atoms with Gasteiger partial charge < -0.3 is 9.88 Å². The topological polar surface area (TPSA) is 29.9 Å². The van der Waals surface area contributed by atoms with E-state index in [2.05, 4.69) is 35.6 Å². The zero-order valence-electron chi connectivity index (χ0n) is 9.25. The van der Waals surface area contributed by atoms with E-state index in [1.807, 2.05) is 6.20 Å². The highest BCUT2D eigenvalue weighted by atomic mass is 15.1. The van der Waals surface area contributed by atoms with Crippen LogP contribution in [0, 0.1) is 6.92 Å². The number of hydrogen-bond donors (Lipinski definition) is 1. The van der Waals surface area contributed by atoms with Crippen molar-refractivity contribution >= 4 is 0 Å². The molecule has 0 aromatic carbocycles. The highest BCUT2D eigenvalue weighted by Crippen LogP contribution is 2.20. The lowest BCUT2D eigenvalue weighted by Crippen LogP contribution is -2.19. The molecule has 1 aliphatic rings. The molecule has 0 aliphatic heterocycles. The van der Waals surface area contributed by atoms with Crippen LogP contribution in [-0.4, -0.2) is 15.6 Å². The minimum absolute atomic E-state index is 0.508. The van der Waals surface area contributed by atoms with Crippen molar-refractivity contribution in [2.24, 2.45) is 0 Å². The van der Waals surface area contributed by atoms with Crippen LogP contribution in [0.5, 0.6) is 0 Å². The van der Waals surface area contributed by atoms with Gasteiger partial charge in [-0.25, -0.2) is 4.98 Å². The second-order valence-electron chi connectivity index (χ2n) is 4.42. The van der Waals surface area contributed by atoms with Crippen molar-refractivity contribution in [3.63, 3.8) is 0 Å². The van der Waals surface area contributed by atoms with Crippen molar-refractivity contribution in [1.29, 1.82) is 0 Å². The Balaban J connectivity index is 2.06. The fourth-order valence-corrected chi connectivity index (χ4v) is 1.87. The summed E-state index contributed by atoms with van der Waals surface area (Å²) in [4.78, 5) is 4.36. The Morgan fingerprint density at radius 2 is 2.29 bits per heavy atom. The average Bonchev–Trinajstić information content (AvgIpc) is 2.86. The molecule has 1 heterocycles. The molecule has 3 heteroatoms. The van der Waals surface area contributed by atoms with Crippen LogP contribution < -0.4 is 5.32 Å². The molecular formula is C11H19N3. The predicted octanol–water partition coefficient (Wildman–Crippen LogP) is 2.02. The van der Waals surface area contributed by atoms with Crippen LogP contribution in [0.2, 0.25) is 0 Å². The van der Waals surface area contributed by atoms with Crippen LogP contribution in [0.25, 0.3) is 0 Å². The normalized spacial score (nSPS) is 16.6. The van der Waals surface area contributed by atoms with Crippen molar-refractivity contribution < 1.29 is 0 Å². The summed E-state index contributed by atoms with van der Waals surface area (Å²) in [6, 6.07) is 1.28. The number of hydrogen-bond acceptors (Lipinski definition) is 2. The van der Waals surface area contributed by atoms with Gasteiger partial charge in [-0.2, -0.15) is 0 Å². The van der Waals surface area contributed by atoms with E-state index in [9.17, 15) is 0 Å². The Morgan fingerprint density at radius 3 is 2.86 bits per heavy atom. The summed E-state index contributed by atoms with van der Waals surface area (Å²) < 4.78 is 2.30. The second-order valence-corrected chi connectivity index (χ2v) is 4.42. The summed E-state index contributed by atoms with van der Waals surface area (Å²) >= 11 is 0. The van der Waals surface area contributed by atoms with Crippen molar-refractivity contribution in [1.82, 2.24) is 14.9 Å². The maximum Gasteiger partial charge on any atom is 0.105 e. The van der Waals surface area contributed by atoms with Crippen molar-refractivity contribution in [3.05, 3.63) is 17.7 Å². The third kappa shape index (κ3) is 1.98. The number of aryl methyl sites for hydroxylation is 1. The quantitative estimate of drug-likeness (QED) is 0.793. The Kier molecular flexibility index (Phi) is 2.59. The van der Waals surface area contributed by atoms with Crippen molar-refractivity contribution in [3.8, 4) is 0 Å². The molecule has 1 saturated carbocycles. The second kappa shape index (κ2) is 3.73. The number of nitrogens with zero attached hydrogens (tertiary/aromatic N) is 2. The maximum atomic E-state index is 4.36. The minimum Gasteiger partial charge on any atom is -0.329 e. The Labute approximate surface area is 85.5 Å². The van der Waals surface area contributed by atoms with Gasteiger partial charge in [0, 0.05) is 24.8 Å². The van der Waals surface area contributed by atoms with Crippen LogP contribution in [-0.2, 0) is 6.54 Å². The van der Waals surface area contributed by atoms with E-state index in [1.165, 1.54) is 18.5 Å². The van der Waals surface area contributed by atoms with Crippen LogP contribution in [0.3, 0.4) is 0 Å². The van der Waals surface area contributed by atoms with Gasteiger partial charge >= 0.3 is 0 Å². The van der Waals surface area contributed by atoms with Gasteiger partial charge in [-0.1, -0.05) is 0 Å². The van der Waals surface area contributed by atoms with Gasteiger partial charge in [-0.05, 0) is 33.6 Å². The molecule has 0 atom stereocenters. The zero-order valence-corrected chi connectivity index (χ0v) is 9.25. The van der Waals surface area contributed by atoms with E-state index in [4.69, 9.17) is 0 Å². The predicted molar refractivity (Wildman–Crippen MR) is 57.2 cm³/mol. The van der Waals surface area contributed by atoms with Crippen LogP contribution in [0.15, 0.2) is 6.20 Å². The molecule has 78 valence electrons. The summed E-state index contributed by atoms with van der Waals surface area (Å²) in [6.07, 6.45) is 4.67. The molecule has 0 saturated heterocycles. The van der Waals surface area contributed by atoms with Gasteiger partial charge in [0.1, 0.15) is 5.82 Å². The first-order valence-corrected chi connectivity index (χ1v) is 5.44. The fourth-order valence-electron chi connectivity index (χ4n) is 1.87. The highest BCUT2D eigenvalue weighted by molar-refractivity contribution is 5.06. The average molecular weight is 193 g/mol. The highest BCUT2D eigenvalue weighted by Gasteiger charge is 2.21. The first-order valence-electron chi connectivity index (χ1n) is 5.44. The summed E-state index contributed by atoms with van der Waals surface area (Å²) in [6.45, 7) is 7.44. The van der Waals surface area contributed by atoms with Crippen LogP contribution in [0.4, 0.5) is 0 Å². The number of rotatable bonds is 4. The summed E-state index contributed by atoms with van der Waals surface area (Å²) in [5.41, 5.74) is 1.31. The van der Waals surface area contributed by atoms with E-state index in [1.54, 1.807) is 0 Å². The lowest BCUT2D eigenvalue weighted by molar-refractivity contribution is 0.537. The summed E-state index contributed by atoms with van der Waals surface area (Å²) in [5, 5.41) is 3.52. The molecule has 0 spiro atoms. The molecule has 0 unspecified atom stereocenters. The molecule has 0 amide bonds. The van der Waals surface area contributed by atoms with E-state index in [0.29, 0.717) is 6.04 Å². The van der Waals surface area contributed by atoms with Gasteiger partial charge in [0.2, 0.25) is 0 Å². The lowest BCUT2D eigenvalue weighted by atomic mass is 10.3. The molecule has 1 fully saturated rings. The van der Waals surface area contributed by atoms with E-state index in [-0.39, 0.29) is 0 Å². The van der Waals surface area contributed by atoms with Gasteiger partial charge in [0.25, 0.3) is 0 Å². The monoisotopic (exact) mass is 193 g/mol. The zero-order chi connectivity index (χ0) is 10.1. The Bertz CT molecular complexity index is 310. The van der Waals surface area contributed by atoms with E-state index in [0.717, 1.165) is 18.4 Å². The fraction of sp³-hybridized carbons (Fsp3) is 0.727. The first-order chi connectivity index (χ1) is 6.68. The molecule has 1 aliphatic carbocycles. The Hall–Kier alpha value is -0.830. The smallest absolute Gasteiger partial charge is 0.105 e. The third-order valence-corrected chi connectivity index (χ3v) is 2.72. The van der Waals surface area contributed by atoms with E-state index >= 15 is 0 Å². The van der Waals surface area contributed by atoms with Crippen molar-refractivity contribution in [2.45, 2.75) is 52.2 Å². The van der Waals surface area contributed by atoms with E-state index < -0.39 is 0 Å². The standard InChI is InChI=1S/C11H19N3/c1-8(2)14-9(3)12-6-11(14)7-13-10-4-5-10/h6,8,10,13H,4-5,7H2,1-3H3. The molecule has 3 nitrogen and oxygen atoms in total. The summed E-state index contributed by atoms with van der Waals surface area (Å²) in [7, 11) is 0. The van der Waals surface area contributed by atoms with Gasteiger partial charge in [-0.15, -0.1) is 0 Å². The lowest BCUT2D eigenvalue weighted by Gasteiger charge is -2.14. The molecule has 14 heavy (non-hydrogen) atoms. The summed E-state index contributed by atoms with van der Waals surface area (Å²) in [5.74, 6) is 1.12. The van der Waals surface area contributed by atoms with Gasteiger partial charge in [0.15, 0.2) is 0 Å². The SMILES string of the molecule is Cc1ncc(CNC2CC2)n1C(C)C. The van der Waals surface area contributed by atoms with Crippen molar-refractivity contribution in [2.75, 3.05) is 0 Å². The molecule has 1 aromatic rings. The van der Waals surface area contributed by atoms with Gasteiger partial charge in [-0.3, -0.25) is 0 Å². The molecule has 1 N–H and O–H groups in total. The molecule has 0 bridgehead atoms. The minimum atomic E-state index is 0.508. The first kappa shape index (κ1) is 9.71.